The van der Waals surface area contributed by atoms with E-state index in [-0.39, 0.29) is 0 Å². The van der Waals surface area contributed by atoms with Crippen LogP contribution in [0.25, 0.3) is 0 Å². The summed E-state index contributed by atoms with van der Waals surface area (Å²) in [5, 5.41) is 12.0. The highest BCUT2D eigenvalue weighted by molar-refractivity contribution is 6.36. The van der Waals surface area contributed by atoms with Crippen molar-refractivity contribution in [1.82, 2.24) is 20.2 Å². The lowest BCUT2D eigenvalue weighted by atomic mass is 9.83. The van der Waals surface area contributed by atoms with E-state index < -0.39 is 0 Å². The van der Waals surface area contributed by atoms with Crippen molar-refractivity contribution in [1.29, 1.82) is 0 Å². The van der Waals surface area contributed by atoms with Crippen molar-refractivity contribution in [2.45, 2.75) is 39.0 Å². The normalized spacial score (nSPS) is 15.3. The first-order valence-electron chi connectivity index (χ1n) is 11.2. The lowest BCUT2D eigenvalue weighted by Crippen LogP contribution is -2.21. The average molecular weight is 478 g/mol. The Kier molecular flexibility index (Phi) is 6.34. The second-order valence-corrected chi connectivity index (χ2v) is 9.46. The molecule has 33 heavy (non-hydrogen) atoms. The van der Waals surface area contributed by atoms with Crippen molar-refractivity contribution in [2.75, 3.05) is 5.32 Å². The number of fused-ring (bicyclic) bond motifs is 1. The Hall–Kier alpha value is -2.89. The van der Waals surface area contributed by atoms with Crippen LogP contribution in [0, 0.1) is 12.8 Å². The maximum absolute atomic E-state index is 6.44. The van der Waals surface area contributed by atoms with Crippen molar-refractivity contribution in [2.24, 2.45) is 5.92 Å². The van der Waals surface area contributed by atoms with E-state index >= 15 is 0 Å². The van der Waals surface area contributed by atoms with Crippen LogP contribution in [0.15, 0.2) is 54.6 Å². The highest BCUT2D eigenvalue weighted by atomic mass is 35.5. The minimum atomic E-state index is 0.476. The summed E-state index contributed by atoms with van der Waals surface area (Å²) < 4.78 is 0. The van der Waals surface area contributed by atoms with Gasteiger partial charge < -0.3 is 5.32 Å². The molecule has 0 saturated carbocycles. The molecule has 168 valence electrons. The van der Waals surface area contributed by atoms with Crippen LogP contribution in [0.1, 0.15) is 40.3 Å². The third kappa shape index (κ3) is 5.05. The van der Waals surface area contributed by atoms with Gasteiger partial charge in [0, 0.05) is 39.5 Å². The van der Waals surface area contributed by atoms with Gasteiger partial charge in [0.05, 0.1) is 0 Å². The first kappa shape index (κ1) is 21.9. The van der Waals surface area contributed by atoms with Crippen LogP contribution in [0.4, 0.5) is 11.6 Å². The van der Waals surface area contributed by atoms with E-state index in [1.165, 1.54) is 11.1 Å². The first-order chi connectivity index (χ1) is 16.0. The molecular formula is C26H25Cl2N5. The summed E-state index contributed by atoms with van der Waals surface area (Å²) in [6.45, 7) is 1.98. The van der Waals surface area contributed by atoms with Gasteiger partial charge in [-0.05, 0) is 61.8 Å². The number of hydrogen-bond acceptors (Lipinski definition) is 4. The summed E-state index contributed by atoms with van der Waals surface area (Å²) in [6.07, 6.45) is 4.49. The van der Waals surface area contributed by atoms with Crippen molar-refractivity contribution < 1.29 is 0 Å². The molecule has 5 rings (SSSR count). The summed E-state index contributed by atoms with van der Waals surface area (Å²) in [7, 11) is 0. The number of nitrogens with one attached hydrogen (secondary N) is 2. The third-order valence-corrected chi connectivity index (χ3v) is 6.85. The van der Waals surface area contributed by atoms with Crippen LogP contribution in [0.5, 0.6) is 0 Å². The zero-order valence-corrected chi connectivity index (χ0v) is 19.9. The summed E-state index contributed by atoms with van der Waals surface area (Å²) in [5.41, 5.74) is 5.48. The van der Waals surface area contributed by atoms with Crippen molar-refractivity contribution in [3.8, 4) is 0 Å². The second-order valence-electron chi connectivity index (χ2n) is 8.65. The summed E-state index contributed by atoms with van der Waals surface area (Å²) in [6, 6.07) is 18.2. The number of aryl methyl sites for hydroxylation is 1. The maximum Gasteiger partial charge on any atom is 0.153 e. The number of benzene rings is 2. The minimum Gasteiger partial charge on any atom is -0.323 e. The molecule has 0 radical (unpaired) electrons. The largest absolute Gasteiger partial charge is 0.323 e. The van der Waals surface area contributed by atoms with E-state index in [0.29, 0.717) is 28.2 Å². The molecule has 1 aliphatic rings. The van der Waals surface area contributed by atoms with Crippen LogP contribution < -0.4 is 5.32 Å². The summed E-state index contributed by atoms with van der Waals surface area (Å²) >= 11 is 12.9. The summed E-state index contributed by atoms with van der Waals surface area (Å²) in [4.78, 5) is 9.88. The van der Waals surface area contributed by atoms with E-state index in [9.17, 15) is 0 Å². The number of hydrogen-bond donors (Lipinski definition) is 2. The maximum atomic E-state index is 6.44. The zero-order valence-electron chi connectivity index (χ0n) is 18.4. The number of nitrogens with zero attached hydrogens (tertiary/aromatic N) is 3. The van der Waals surface area contributed by atoms with Gasteiger partial charge in [0.25, 0.3) is 0 Å². The fourth-order valence-electron chi connectivity index (χ4n) is 4.50. The Labute approximate surface area is 203 Å². The smallest absolute Gasteiger partial charge is 0.153 e. The molecule has 2 N–H and O–H groups in total. The molecule has 0 spiro atoms. The van der Waals surface area contributed by atoms with Gasteiger partial charge in [0.15, 0.2) is 5.82 Å². The van der Waals surface area contributed by atoms with Gasteiger partial charge in [-0.25, -0.2) is 9.97 Å². The SMILES string of the molecule is Cc1cc(Nc2nc(Cc3c(Cl)cccc3Cl)nc3c2CCC(Cc2ccccc2)C3)n[nH]1. The van der Waals surface area contributed by atoms with E-state index in [1.807, 2.05) is 31.2 Å². The molecule has 4 aromatic rings. The topological polar surface area (TPSA) is 66.5 Å². The Bertz CT molecular complexity index is 1250. The van der Waals surface area contributed by atoms with E-state index in [1.54, 1.807) is 0 Å². The number of H-pyrrole nitrogens is 1. The van der Waals surface area contributed by atoms with Gasteiger partial charge in [0.2, 0.25) is 0 Å². The van der Waals surface area contributed by atoms with Crippen molar-refractivity contribution >= 4 is 34.8 Å². The summed E-state index contributed by atoms with van der Waals surface area (Å²) in [5.74, 6) is 2.83. The molecule has 2 heterocycles. The van der Waals surface area contributed by atoms with Gasteiger partial charge in [0.1, 0.15) is 11.6 Å². The standard InChI is InChI=1S/C26H25Cl2N5/c1-16-12-25(33-32-16)31-26-19-11-10-18(13-17-6-3-2-4-7-17)14-23(19)29-24(30-26)15-20-21(27)8-5-9-22(20)28/h2-9,12,18H,10-11,13-15H2,1H3,(H2,29,30,31,32,33). The van der Waals surface area contributed by atoms with Gasteiger partial charge >= 0.3 is 0 Å². The number of rotatable bonds is 6. The fourth-order valence-corrected chi connectivity index (χ4v) is 5.03. The molecule has 2 aromatic carbocycles. The number of halogens is 2. The molecule has 0 fully saturated rings. The molecule has 0 bridgehead atoms. The fraction of sp³-hybridized carbons (Fsp3) is 0.269. The molecule has 5 nitrogen and oxygen atoms in total. The molecule has 0 aliphatic heterocycles. The molecule has 0 saturated heterocycles. The second kappa shape index (κ2) is 9.54. The van der Waals surface area contributed by atoms with Crippen LogP contribution >= 0.6 is 23.2 Å². The monoisotopic (exact) mass is 477 g/mol. The lowest BCUT2D eigenvalue weighted by molar-refractivity contribution is 0.447. The van der Waals surface area contributed by atoms with Gasteiger partial charge in [-0.2, -0.15) is 5.10 Å². The molecule has 0 amide bonds. The van der Waals surface area contributed by atoms with Crippen molar-refractivity contribution in [3.05, 3.63) is 98.5 Å². The van der Waals surface area contributed by atoms with Crippen LogP contribution in [-0.2, 0) is 25.7 Å². The Morgan fingerprint density at radius 1 is 1.03 bits per heavy atom. The quantitative estimate of drug-likeness (QED) is 0.332. The van der Waals surface area contributed by atoms with Crippen LogP contribution in [-0.4, -0.2) is 20.2 Å². The number of aromatic amines is 1. The van der Waals surface area contributed by atoms with Crippen molar-refractivity contribution in [3.63, 3.8) is 0 Å². The molecule has 1 unspecified atom stereocenters. The van der Waals surface area contributed by atoms with E-state index in [2.05, 4.69) is 45.8 Å². The predicted octanol–water partition coefficient (Wildman–Crippen LogP) is 6.50. The average Bonchev–Trinajstić information content (AvgIpc) is 3.21. The Balaban J connectivity index is 1.48. The Morgan fingerprint density at radius 2 is 1.82 bits per heavy atom. The molecule has 1 aliphatic carbocycles. The van der Waals surface area contributed by atoms with Gasteiger partial charge in [-0.3, -0.25) is 5.10 Å². The third-order valence-electron chi connectivity index (χ3n) is 6.14. The molecule has 2 aromatic heterocycles. The molecular weight excluding hydrogens is 453 g/mol. The van der Waals surface area contributed by atoms with Crippen LogP contribution in [0.3, 0.4) is 0 Å². The zero-order chi connectivity index (χ0) is 22.8. The number of anilines is 2. The first-order valence-corrected chi connectivity index (χ1v) is 12.0. The van der Waals surface area contributed by atoms with E-state index in [4.69, 9.17) is 33.2 Å². The van der Waals surface area contributed by atoms with Gasteiger partial charge in [-0.15, -0.1) is 0 Å². The number of aromatic nitrogens is 4. The van der Waals surface area contributed by atoms with Crippen LogP contribution in [0.2, 0.25) is 10.0 Å². The highest BCUT2D eigenvalue weighted by Gasteiger charge is 2.25. The molecule has 1 atom stereocenters. The Morgan fingerprint density at radius 3 is 2.55 bits per heavy atom. The van der Waals surface area contributed by atoms with E-state index in [0.717, 1.165) is 54.3 Å². The molecule has 7 heteroatoms. The minimum absolute atomic E-state index is 0.476. The highest BCUT2D eigenvalue weighted by Crippen LogP contribution is 2.33. The lowest BCUT2D eigenvalue weighted by Gasteiger charge is -2.26. The predicted molar refractivity (Wildman–Crippen MR) is 134 cm³/mol. The van der Waals surface area contributed by atoms with Gasteiger partial charge in [-0.1, -0.05) is 59.6 Å².